The van der Waals surface area contributed by atoms with E-state index in [4.69, 9.17) is 22.1 Å². The van der Waals surface area contributed by atoms with Gasteiger partial charge in [-0.25, -0.2) is 4.52 Å². The summed E-state index contributed by atoms with van der Waals surface area (Å²) in [6, 6.07) is 4.08. The summed E-state index contributed by atoms with van der Waals surface area (Å²) < 4.78 is 8.21. The highest BCUT2D eigenvalue weighted by Crippen LogP contribution is 2.39. The van der Waals surface area contributed by atoms with Crippen LogP contribution in [0.25, 0.3) is 5.52 Å². The number of fused-ring (bicyclic) bond motifs is 1. The van der Waals surface area contributed by atoms with Gasteiger partial charge in [-0.2, -0.15) is 4.98 Å². The number of ether oxygens (including phenoxy) is 1. The van der Waals surface area contributed by atoms with Crippen LogP contribution in [0.15, 0.2) is 22.1 Å². The smallest absolute Gasteiger partial charge is 0.243 e. The molecular formula is C17H19BrClN5OS. The number of halogens is 2. The van der Waals surface area contributed by atoms with Crippen LogP contribution in [-0.2, 0) is 11.3 Å². The molecule has 1 fully saturated rings. The van der Waals surface area contributed by atoms with E-state index in [1.54, 1.807) is 11.3 Å². The molecule has 26 heavy (non-hydrogen) atoms. The van der Waals surface area contributed by atoms with Gasteiger partial charge < -0.3 is 15.8 Å². The van der Waals surface area contributed by atoms with Crippen molar-refractivity contribution < 1.29 is 4.74 Å². The van der Waals surface area contributed by atoms with E-state index in [-0.39, 0.29) is 17.2 Å². The largest absolute Gasteiger partial charge is 0.380 e. The number of nitrogens with zero attached hydrogens (tertiary/aromatic N) is 3. The van der Waals surface area contributed by atoms with Crippen molar-refractivity contribution in [2.75, 3.05) is 18.5 Å². The predicted molar refractivity (Wildman–Crippen MR) is 108 cm³/mol. The van der Waals surface area contributed by atoms with Gasteiger partial charge in [0.1, 0.15) is 10.1 Å². The fraction of sp³-hybridized carbons (Fsp3) is 0.412. The van der Waals surface area contributed by atoms with Gasteiger partial charge in [-0.3, -0.25) is 0 Å². The summed E-state index contributed by atoms with van der Waals surface area (Å²) in [6.45, 7) is 4.06. The summed E-state index contributed by atoms with van der Waals surface area (Å²) in [5, 5.41) is 10.1. The minimum atomic E-state index is -0.0397. The second-order valence-electron chi connectivity index (χ2n) is 6.39. The Hall–Kier alpha value is -1.19. The van der Waals surface area contributed by atoms with E-state index in [1.165, 1.54) is 4.88 Å². The monoisotopic (exact) mass is 455 g/mol. The first-order chi connectivity index (χ1) is 12.6. The summed E-state index contributed by atoms with van der Waals surface area (Å²) in [7, 11) is 0. The Morgan fingerprint density at radius 2 is 2.38 bits per heavy atom. The number of aryl methyl sites for hydroxylation is 1. The van der Waals surface area contributed by atoms with E-state index in [0.29, 0.717) is 19.8 Å². The fourth-order valence-corrected chi connectivity index (χ4v) is 5.18. The van der Waals surface area contributed by atoms with Gasteiger partial charge in [0.05, 0.1) is 13.2 Å². The Morgan fingerprint density at radius 1 is 1.54 bits per heavy atom. The lowest BCUT2D eigenvalue weighted by Gasteiger charge is -2.29. The molecule has 0 amide bonds. The van der Waals surface area contributed by atoms with Gasteiger partial charge in [0, 0.05) is 23.4 Å². The summed E-state index contributed by atoms with van der Waals surface area (Å²) >= 11 is 11.6. The molecule has 3 aromatic heterocycles. The van der Waals surface area contributed by atoms with Crippen LogP contribution >= 0.6 is 38.9 Å². The third kappa shape index (κ3) is 3.25. The van der Waals surface area contributed by atoms with Crippen molar-refractivity contribution in [2.45, 2.75) is 31.8 Å². The highest BCUT2D eigenvalue weighted by Gasteiger charge is 2.31. The maximum absolute atomic E-state index is 6.33. The number of nitrogens with two attached hydrogens (primary N) is 1. The minimum absolute atomic E-state index is 0.0397. The van der Waals surface area contributed by atoms with Crippen LogP contribution in [0.4, 0.5) is 5.82 Å². The van der Waals surface area contributed by atoms with E-state index in [1.807, 2.05) is 10.6 Å². The van der Waals surface area contributed by atoms with E-state index >= 15 is 0 Å². The average Bonchev–Trinajstić information content (AvgIpc) is 3.22. The second kappa shape index (κ2) is 7.44. The number of hydrogen-bond donors (Lipinski definition) is 2. The summed E-state index contributed by atoms with van der Waals surface area (Å²) in [5.74, 6) is 0.937. The Balaban J connectivity index is 1.79. The second-order valence-corrected chi connectivity index (χ2v) is 8.51. The molecule has 138 valence electrons. The lowest BCUT2D eigenvalue weighted by atomic mass is 9.87. The summed E-state index contributed by atoms with van der Waals surface area (Å²) in [5.41, 5.74) is 9.53. The number of thiophene rings is 1. The van der Waals surface area contributed by atoms with Crippen molar-refractivity contribution >= 4 is 50.2 Å². The minimum Gasteiger partial charge on any atom is -0.380 e. The zero-order chi connectivity index (χ0) is 18.3. The van der Waals surface area contributed by atoms with Crippen LogP contribution in [0.3, 0.4) is 0 Å². The molecule has 3 aromatic rings. The zero-order valence-corrected chi connectivity index (χ0v) is 17.4. The summed E-state index contributed by atoms with van der Waals surface area (Å²) in [6.07, 6.45) is 0.886. The molecular weight excluding hydrogens is 438 g/mol. The lowest BCUT2D eigenvalue weighted by molar-refractivity contribution is 0.0693. The topological polar surface area (TPSA) is 77.5 Å². The molecule has 0 unspecified atom stereocenters. The molecule has 1 aliphatic rings. The number of rotatable bonds is 4. The molecule has 1 aliphatic heterocycles. The van der Waals surface area contributed by atoms with Crippen molar-refractivity contribution in [3.05, 3.63) is 43.4 Å². The number of anilines is 1. The Labute approximate surface area is 168 Å². The molecule has 0 bridgehead atoms. The molecule has 0 saturated carbocycles. The van der Waals surface area contributed by atoms with E-state index in [9.17, 15) is 0 Å². The third-order valence-corrected chi connectivity index (χ3v) is 6.57. The number of aromatic nitrogens is 3. The SMILES string of the molecule is Cc1c([C@H]2CCOC[C@@H]2N)c(Br)n2nc(Cl)nc(NCc3cccs3)c12. The summed E-state index contributed by atoms with van der Waals surface area (Å²) in [4.78, 5) is 5.66. The van der Waals surface area contributed by atoms with E-state index < -0.39 is 0 Å². The number of hydrogen-bond acceptors (Lipinski definition) is 6. The van der Waals surface area contributed by atoms with Gasteiger partial charge in [0.25, 0.3) is 0 Å². The molecule has 6 nitrogen and oxygen atoms in total. The molecule has 4 rings (SSSR count). The van der Waals surface area contributed by atoms with Crippen LogP contribution in [-0.4, -0.2) is 33.9 Å². The quantitative estimate of drug-likeness (QED) is 0.621. The first-order valence-corrected chi connectivity index (χ1v) is 10.4. The molecule has 9 heteroatoms. The van der Waals surface area contributed by atoms with Gasteiger partial charge in [-0.05, 0) is 63.4 Å². The molecule has 3 N–H and O–H groups in total. The Bertz CT molecular complexity index is 929. The van der Waals surface area contributed by atoms with Crippen LogP contribution in [0.1, 0.15) is 28.3 Å². The predicted octanol–water partition coefficient (Wildman–Crippen LogP) is 3.96. The standard InChI is InChI=1S/C17H19BrClN5OS/c1-9-13(11-4-5-25-8-12(11)20)15(18)24-14(9)16(22-17(19)23-24)21-7-10-3-2-6-26-10/h2-3,6,11-12H,4-5,7-8,20H2,1H3,(H,21,22,23)/t11-,12-/m0/s1. The molecule has 4 heterocycles. The zero-order valence-electron chi connectivity index (χ0n) is 14.2. The molecule has 2 atom stereocenters. The maximum Gasteiger partial charge on any atom is 0.243 e. The van der Waals surface area contributed by atoms with Crippen molar-refractivity contribution in [1.29, 1.82) is 0 Å². The lowest BCUT2D eigenvalue weighted by Crippen LogP contribution is -2.38. The van der Waals surface area contributed by atoms with Crippen molar-refractivity contribution in [3.63, 3.8) is 0 Å². The highest BCUT2D eigenvalue weighted by atomic mass is 79.9. The van der Waals surface area contributed by atoms with Gasteiger partial charge in [0.2, 0.25) is 5.28 Å². The molecule has 0 spiro atoms. The van der Waals surface area contributed by atoms with Crippen molar-refractivity contribution in [2.24, 2.45) is 5.73 Å². The Morgan fingerprint density at radius 3 is 3.12 bits per heavy atom. The molecule has 1 saturated heterocycles. The maximum atomic E-state index is 6.33. The van der Waals surface area contributed by atoms with Crippen LogP contribution in [0, 0.1) is 6.92 Å². The van der Waals surface area contributed by atoms with Crippen LogP contribution in [0.2, 0.25) is 5.28 Å². The fourth-order valence-electron chi connectivity index (χ4n) is 3.53. The van der Waals surface area contributed by atoms with Gasteiger partial charge >= 0.3 is 0 Å². The molecule has 0 radical (unpaired) electrons. The molecule has 0 aliphatic carbocycles. The van der Waals surface area contributed by atoms with E-state index in [0.717, 1.165) is 33.5 Å². The van der Waals surface area contributed by atoms with E-state index in [2.05, 4.69) is 49.7 Å². The van der Waals surface area contributed by atoms with Crippen molar-refractivity contribution in [1.82, 2.24) is 14.6 Å². The van der Waals surface area contributed by atoms with Crippen LogP contribution < -0.4 is 11.1 Å². The van der Waals surface area contributed by atoms with Gasteiger partial charge in [-0.15, -0.1) is 16.4 Å². The first-order valence-electron chi connectivity index (χ1n) is 8.40. The third-order valence-electron chi connectivity index (χ3n) is 4.77. The van der Waals surface area contributed by atoms with Gasteiger partial charge in [0.15, 0.2) is 5.82 Å². The molecule has 0 aromatic carbocycles. The van der Waals surface area contributed by atoms with Crippen LogP contribution in [0.5, 0.6) is 0 Å². The highest BCUT2D eigenvalue weighted by molar-refractivity contribution is 9.10. The average molecular weight is 457 g/mol. The first kappa shape index (κ1) is 18.2. The normalized spacial score (nSPS) is 20.6. The Kier molecular flexibility index (Phi) is 5.20. The number of nitrogens with one attached hydrogen (secondary N) is 1. The van der Waals surface area contributed by atoms with Gasteiger partial charge in [-0.1, -0.05) is 6.07 Å². The van der Waals surface area contributed by atoms with Crippen molar-refractivity contribution in [3.8, 4) is 0 Å².